The molecule has 4 aromatic rings. The first kappa shape index (κ1) is 31.3. The maximum atomic E-state index is 13.3. The van der Waals surface area contributed by atoms with E-state index in [1.165, 1.54) is 16.7 Å². The Kier molecular flexibility index (Phi) is 10.4. The predicted molar refractivity (Wildman–Crippen MR) is 177 cm³/mol. The Morgan fingerprint density at radius 1 is 0.889 bits per heavy atom. The number of unbranched alkanes of at least 4 members (excludes halogenated alkanes) is 1. The lowest BCUT2D eigenvalue weighted by Crippen LogP contribution is -2.31. The molecular formula is C36H33N3O5S. The van der Waals surface area contributed by atoms with E-state index in [1.807, 2.05) is 36.4 Å². The predicted octanol–water partition coefficient (Wildman–Crippen LogP) is 6.70. The van der Waals surface area contributed by atoms with Crippen molar-refractivity contribution in [2.45, 2.75) is 36.3 Å². The zero-order valence-corrected chi connectivity index (χ0v) is 25.6. The van der Waals surface area contributed by atoms with Gasteiger partial charge in [0.15, 0.2) is 0 Å². The molecule has 1 unspecified atom stereocenters. The molecular weight excluding hydrogens is 586 g/mol. The van der Waals surface area contributed by atoms with Gasteiger partial charge in [0, 0.05) is 22.6 Å². The highest BCUT2D eigenvalue weighted by atomic mass is 32.2. The van der Waals surface area contributed by atoms with Crippen LogP contribution in [-0.4, -0.2) is 35.5 Å². The molecule has 1 aliphatic rings. The third kappa shape index (κ3) is 8.27. The van der Waals surface area contributed by atoms with Crippen LogP contribution in [0.2, 0.25) is 0 Å². The minimum atomic E-state index is -0.563. The summed E-state index contributed by atoms with van der Waals surface area (Å²) in [6.07, 6.45) is 3.69. The molecule has 4 aromatic carbocycles. The Morgan fingerprint density at radius 2 is 1.56 bits per heavy atom. The average molecular weight is 620 g/mol. The first-order valence-corrected chi connectivity index (χ1v) is 15.6. The first-order valence-electron chi connectivity index (χ1n) is 14.7. The fourth-order valence-corrected chi connectivity index (χ4v) is 5.68. The van der Waals surface area contributed by atoms with Crippen molar-refractivity contribution in [3.63, 3.8) is 0 Å². The molecule has 0 aromatic heterocycles. The van der Waals surface area contributed by atoms with Crippen LogP contribution in [0, 0.1) is 0 Å². The number of thioether (sulfide) groups is 1. The summed E-state index contributed by atoms with van der Waals surface area (Å²) < 4.78 is 5.69. The zero-order valence-electron chi connectivity index (χ0n) is 24.8. The van der Waals surface area contributed by atoms with E-state index in [4.69, 9.17) is 4.74 Å². The maximum absolute atomic E-state index is 13.3. The van der Waals surface area contributed by atoms with Crippen LogP contribution in [0.3, 0.4) is 0 Å². The maximum Gasteiger partial charge on any atom is 0.272 e. The number of anilines is 2. The van der Waals surface area contributed by atoms with Crippen molar-refractivity contribution in [2.75, 3.05) is 16.8 Å². The summed E-state index contributed by atoms with van der Waals surface area (Å²) in [7, 11) is 0. The van der Waals surface area contributed by atoms with E-state index in [0.717, 1.165) is 23.3 Å². The van der Waals surface area contributed by atoms with E-state index in [1.54, 1.807) is 78.9 Å². The van der Waals surface area contributed by atoms with Crippen LogP contribution in [0.15, 0.2) is 120 Å². The Hall–Kier alpha value is -5.15. The molecule has 2 N–H and O–H groups in total. The molecule has 0 aliphatic carbocycles. The van der Waals surface area contributed by atoms with Crippen LogP contribution in [0.4, 0.5) is 11.4 Å². The molecule has 228 valence electrons. The third-order valence-electron chi connectivity index (χ3n) is 7.00. The largest absolute Gasteiger partial charge is 0.494 e. The minimum Gasteiger partial charge on any atom is -0.494 e. The lowest BCUT2D eigenvalue weighted by molar-refractivity contribution is -0.121. The van der Waals surface area contributed by atoms with Crippen molar-refractivity contribution in [1.82, 2.24) is 5.32 Å². The Labute approximate surface area is 266 Å². The van der Waals surface area contributed by atoms with Crippen molar-refractivity contribution in [2.24, 2.45) is 0 Å². The molecule has 5 rings (SSSR count). The van der Waals surface area contributed by atoms with Crippen LogP contribution in [-0.2, 0) is 14.4 Å². The second-order valence-electron chi connectivity index (χ2n) is 10.3. The van der Waals surface area contributed by atoms with Gasteiger partial charge in [-0.15, -0.1) is 11.8 Å². The summed E-state index contributed by atoms with van der Waals surface area (Å²) in [6.45, 7) is 2.71. The standard InChI is InChI=1S/C36H33N3O5S/c1-2-3-22-44-29-18-16-28(17-19-29)39-33(40)24-32(36(39)43)45-30-20-14-27(15-21-30)37-35(42)31(23-25-10-6-4-7-11-25)38-34(41)26-12-8-5-9-13-26/h4-21,23,32H,2-3,22,24H2,1H3,(H,37,42)(H,38,41)/b31-23-. The van der Waals surface area contributed by atoms with E-state index in [9.17, 15) is 19.2 Å². The molecule has 0 saturated carbocycles. The van der Waals surface area contributed by atoms with E-state index in [0.29, 0.717) is 29.3 Å². The van der Waals surface area contributed by atoms with Crippen molar-refractivity contribution < 1.29 is 23.9 Å². The Morgan fingerprint density at radius 3 is 2.22 bits per heavy atom. The fourth-order valence-electron chi connectivity index (χ4n) is 4.63. The second-order valence-corrected chi connectivity index (χ2v) is 11.6. The number of nitrogens with one attached hydrogen (secondary N) is 2. The van der Waals surface area contributed by atoms with Gasteiger partial charge in [-0.25, -0.2) is 4.90 Å². The molecule has 9 heteroatoms. The normalized spacial score (nSPS) is 14.7. The topological polar surface area (TPSA) is 105 Å². The van der Waals surface area contributed by atoms with Crippen LogP contribution in [0.1, 0.15) is 42.1 Å². The van der Waals surface area contributed by atoms with Crippen molar-refractivity contribution in [1.29, 1.82) is 0 Å². The van der Waals surface area contributed by atoms with Gasteiger partial charge in [0.2, 0.25) is 11.8 Å². The van der Waals surface area contributed by atoms with E-state index >= 15 is 0 Å². The third-order valence-corrected chi connectivity index (χ3v) is 8.19. The molecule has 0 spiro atoms. The molecule has 1 atom stereocenters. The summed E-state index contributed by atoms with van der Waals surface area (Å²) in [5.74, 6) is -0.716. The van der Waals surface area contributed by atoms with Gasteiger partial charge in [-0.1, -0.05) is 61.9 Å². The molecule has 1 heterocycles. The number of nitrogens with zero attached hydrogens (tertiary/aromatic N) is 1. The van der Waals surface area contributed by atoms with E-state index in [2.05, 4.69) is 17.6 Å². The number of hydrogen-bond donors (Lipinski definition) is 2. The second kappa shape index (κ2) is 15.0. The quantitative estimate of drug-likeness (QED) is 0.104. The molecule has 1 aliphatic heterocycles. The Bertz CT molecular complexity index is 1670. The van der Waals surface area contributed by atoms with Crippen LogP contribution >= 0.6 is 11.8 Å². The zero-order chi connectivity index (χ0) is 31.6. The lowest BCUT2D eigenvalue weighted by Gasteiger charge is -2.16. The summed E-state index contributed by atoms with van der Waals surface area (Å²) in [4.78, 5) is 54.1. The van der Waals surface area contributed by atoms with Gasteiger partial charge in [-0.2, -0.15) is 0 Å². The number of carbonyl (C=O) groups excluding carboxylic acids is 4. The van der Waals surface area contributed by atoms with Gasteiger partial charge in [0.05, 0.1) is 17.5 Å². The van der Waals surface area contributed by atoms with Gasteiger partial charge in [-0.05, 0) is 78.7 Å². The van der Waals surface area contributed by atoms with Gasteiger partial charge < -0.3 is 15.4 Å². The fraction of sp³-hybridized carbons (Fsp3) is 0.167. The van der Waals surface area contributed by atoms with Gasteiger partial charge in [-0.3, -0.25) is 19.2 Å². The van der Waals surface area contributed by atoms with Crippen molar-refractivity contribution in [3.8, 4) is 5.75 Å². The van der Waals surface area contributed by atoms with Crippen molar-refractivity contribution in [3.05, 3.63) is 126 Å². The number of ether oxygens (including phenoxy) is 1. The first-order chi connectivity index (χ1) is 21.9. The lowest BCUT2D eigenvalue weighted by atomic mass is 10.1. The Balaban J connectivity index is 1.22. The SMILES string of the molecule is CCCCOc1ccc(N2C(=O)CC(Sc3ccc(NC(=O)/C(=C/c4ccccc4)NC(=O)c4ccccc4)cc3)C2=O)cc1. The monoisotopic (exact) mass is 619 g/mol. The number of hydrogen-bond acceptors (Lipinski definition) is 6. The van der Waals surface area contributed by atoms with Gasteiger partial charge in [0.25, 0.3) is 11.8 Å². The van der Waals surface area contributed by atoms with E-state index < -0.39 is 17.1 Å². The van der Waals surface area contributed by atoms with Crippen LogP contribution < -0.4 is 20.3 Å². The molecule has 4 amide bonds. The highest BCUT2D eigenvalue weighted by molar-refractivity contribution is 8.00. The minimum absolute atomic E-state index is 0.0872. The number of imide groups is 1. The highest BCUT2D eigenvalue weighted by Crippen LogP contribution is 2.35. The number of carbonyl (C=O) groups is 4. The van der Waals surface area contributed by atoms with E-state index in [-0.39, 0.29) is 23.9 Å². The van der Waals surface area contributed by atoms with Gasteiger partial charge in [0.1, 0.15) is 11.4 Å². The molecule has 8 nitrogen and oxygen atoms in total. The van der Waals surface area contributed by atoms with Crippen molar-refractivity contribution >= 4 is 52.8 Å². The highest BCUT2D eigenvalue weighted by Gasteiger charge is 2.40. The summed E-state index contributed by atoms with van der Waals surface area (Å²) in [5.41, 5.74) is 2.30. The molecule has 1 fully saturated rings. The van der Waals surface area contributed by atoms with Crippen LogP contribution in [0.5, 0.6) is 5.75 Å². The number of amides is 4. The van der Waals surface area contributed by atoms with Crippen LogP contribution in [0.25, 0.3) is 6.08 Å². The number of benzene rings is 4. The molecule has 0 bridgehead atoms. The summed E-state index contributed by atoms with van der Waals surface area (Å²) in [5, 5.41) is 5.00. The summed E-state index contributed by atoms with van der Waals surface area (Å²) >= 11 is 1.30. The molecule has 0 radical (unpaired) electrons. The molecule has 1 saturated heterocycles. The number of rotatable bonds is 12. The molecule has 45 heavy (non-hydrogen) atoms. The average Bonchev–Trinajstić information content (AvgIpc) is 3.34. The summed E-state index contributed by atoms with van der Waals surface area (Å²) in [6, 6.07) is 31.9. The van der Waals surface area contributed by atoms with Gasteiger partial charge >= 0.3 is 0 Å². The smallest absolute Gasteiger partial charge is 0.272 e.